The molecule has 7 heteroatoms. The molecule has 1 unspecified atom stereocenters. The number of hydrogen-bond acceptors (Lipinski definition) is 6. The maximum Gasteiger partial charge on any atom is 0.295 e. The second kappa shape index (κ2) is 11.8. The molecular formula is C30H33N3O4. The zero-order valence-electron chi connectivity index (χ0n) is 21.6. The molecule has 1 atom stereocenters. The van der Waals surface area contributed by atoms with Crippen molar-refractivity contribution in [3.63, 3.8) is 0 Å². The second-order valence-corrected chi connectivity index (χ2v) is 9.06. The lowest BCUT2D eigenvalue weighted by Crippen LogP contribution is -2.38. The van der Waals surface area contributed by atoms with Gasteiger partial charge >= 0.3 is 0 Å². The van der Waals surface area contributed by atoms with Crippen molar-refractivity contribution >= 4 is 17.4 Å². The van der Waals surface area contributed by atoms with Crippen molar-refractivity contribution in [1.82, 2.24) is 14.8 Å². The number of benzene rings is 2. The highest BCUT2D eigenvalue weighted by molar-refractivity contribution is 6.46. The first-order valence-corrected chi connectivity index (χ1v) is 12.6. The van der Waals surface area contributed by atoms with Crippen LogP contribution in [0.4, 0.5) is 0 Å². The number of pyridine rings is 1. The molecule has 0 aliphatic carbocycles. The van der Waals surface area contributed by atoms with Crippen LogP contribution in [0.3, 0.4) is 0 Å². The van der Waals surface area contributed by atoms with Crippen molar-refractivity contribution in [2.45, 2.75) is 33.4 Å². The van der Waals surface area contributed by atoms with Crippen LogP contribution in [0.1, 0.15) is 42.1 Å². The summed E-state index contributed by atoms with van der Waals surface area (Å²) in [5.74, 6) is -0.811. The smallest absolute Gasteiger partial charge is 0.295 e. The van der Waals surface area contributed by atoms with Gasteiger partial charge in [0.15, 0.2) is 0 Å². The van der Waals surface area contributed by atoms with Crippen molar-refractivity contribution in [3.8, 4) is 5.75 Å². The van der Waals surface area contributed by atoms with Crippen molar-refractivity contribution in [2.75, 3.05) is 26.2 Å². The van der Waals surface area contributed by atoms with E-state index < -0.39 is 17.7 Å². The summed E-state index contributed by atoms with van der Waals surface area (Å²) in [5.41, 5.74) is 3.08. The van der Waals surface area contributed by atoms with Gasteiger partial charge in [0.2, 0.25) is 0 Å². The fourth-order valence-electron chi connectivity index (χ4n) is 4.63. The van der Waals surface area contributed by atoms with Gasteiger partial charge in [-0.1, -0.05) is 50.2 Å². The fourth-order valence-corrected chi connectivity index (χ4v) is 4.63. The molecule has 4 rings (SSSR count). The first-order chi connectivity index (χ1) is 17.9. The highest BCUT2D eigenvalue weighted by atomic mass is 16.5. The molecule has 1 fully saturated rings. The number of aliphatic hydroxyl groups excluding tert-OH is 1. The number of ketones is 1. The van der Waals surface area contributed by atoms with E-state index in [1.807, 2.05) is 43.3 Å². The van der Waals surface area contributed by atoms with Crippen LogP contribution in [0, 0.1) is 6.92 Å². The summed E-state index contributed by atoms with van der Waals surface area (Å²) in [4.78, 5) is 34.3. The first-order valence-electron chi connectivity index (χ1n) is 12.6. The summed E-state index contributed by atoms with van der Waals surface area (Å²) in [6.07, 6.45) is 3.28. The zero-order chi connectivity index (χ0) is 26.4. The number of aliphatic hydroxyl groups is 1. The van der Waals surface area contributed by atoms with E-state index in [1.54, 1.807) is 41.6 Å². The summed E-state index contributed by atoms with van der Waals surface area (Å²) >= 11 is 0. The van der Waals surface area contributed by atoms with Gasteiger partial charge in [-0.25, -0.2) is 0 Å². The third-order valence-corrected chi connectivity index (χ3v) is 6.78. The van der Waals surface area contributed by atoms with Gasteiger partial charge in [-0.15, -0.1) is 0 Å². The van der Waals surface area contributed by atoms with Crippen LogP contribution in [-0.2, 0) is 16.2 Å². The van der Waals surface area contributed by atoms with E-state index >= 15 is 0 Å². The number of ether oxygens (including phenoxy) is 1. The standard InChI is InChI=1S/C30H33N3O4/c1-4-32(5-2)16-17-33-27(24-12-9-15-31-19-24)26(29(35)30(33)36)28(34)23-13-14-25(21(3)18-23)37-20-22-10-7-6-8-11-22/h6-15,18-19,27,34H,4-5,16-17,20H2,1-3H3/b28-26+. The molecule has 0 radical (unpaired) electrons. The number of carbonyl (C=O) groups excluding carboxylic acids is 2. The van der Waals surface area contributed by atoms with Crippen LogP contribution >= 0.6 is 0 Å². The Labute approximate surface area is 218 Å². The summed E-state index contributed by atoms with van der Waals surface area (Å²) in [7, 11) is 0. The third kappa shape index (κ3) is 5.73. The van der Waals surface area contributed by atoms with Gasteiger partial charge in [0.25, 0.3) is 11.7 Å². The molecule has 1 aliphatic heterocycles. The Bertz CT molecular complexity index is 1270. The van der Waals surface area contributed by atoms with Gasteiger partial charge < -0.3 is 19.6 Å². The van der Waals surface area contributed by atoms with Gasteiger partial charge in [0.05, 0.1) is 11.6 Å². The number of rotatable bonds is 10. The second-order valence-electron chi connectivity index (χ2n) is 9.06. The van der Waals surface area contributed by atoms with Gasteiger partial charge in [-0.3, -0.25) is 14.6 Å². The minimum atomic E-state index is -0.710. The largest absolute Gasteiger partial charge is 0.507 e. The zero-order valence-corrected chi connectivity index (χ0v) is 21.6. The average Bonchev–Trinajstić information content (AvgIpc) is 3.18. The minimum Gasteiger partial charge on any atom is -0.507 e. The van der Waals surface area contributed by atoms with Crippen LogP contribution in [0.15, 0.2) is 78.6 Å². The van der Waals surface area contributed by atoms with E-state index in [0.29, 0.717) is 36.6 Å². The first kappa shape index (κ1) is 26.1. The molecule has 1 amide bonds. The molecule has 2 aromatic carbocycles. The van der Waals surface area contributed by atoms with E-state index in [4.69, 9.17) is 4.74 Å². The number of aryl methyl sites for hydroxylation is 1. The Hall–Kier alpha value is -3.97. The lowest BCUT2D eigenvalue weighted by atomic mass is 9.95. The predicted molar refractivity (Wildman–Crippen MR) is 143 cm³/mol. The lowest BCUT2D eigenvalue weighted by molar-refractivity contribution is -0.140. The topological polar surface area (TPSA) is 83.0 Å². The number of carbonyl (C=O) groups is 2. The van der Waals surface area contributed by atoms with E-state index in [1.165, 1.54) is 0 Å². The number of amides is 1. The Kier molecular flexibility index (Phi) is 8.36. The summed E-state index contributed by atoms with van der Waals surface area (Å²) in [6.45, 7) is 9.12. The van der Waals surface area contributed by atoms with Gasteiger partial charge in [-0.2, -0.15) is 0 Å². The van der Waals surface area contributed by atoms with E-state index in [-0.39, 0.29) is 11.3 Å². The van der Waals surface area contributed by atoms with Crippen molar-refractivity contribution in [3.05, 3.63) is 101 Å². The van der Waals surface area contributed by atoms with Crippen molar-refractivity contribution in [1.29, 1.82) is 0 Å². The molecule has 1 saturated heterocycles. The van der Waals surface area contributed by atoms with Crippen molar-refractivity contribution < 1.29 is 19.4 Å². The SMILES string of the molecule is CCN(CC)CCN1C(=O)C(=O)/C(=C(/O)c2ccc(OCc3ccccc3)c(C)c2)C1c1cccnc1. The quantitative estimate of drug-likeness (QED) is 0.247. The number of nitrogens with zero attached hydrogens (tertiary/aromatic N) is 3. The number of hydrogen-bond donors (Lipinski definition) is 1. The van der Waals surface area contributed by atoms with E-state index in [9.17, 15) is 14.7 Å². The molecule has 0 saturated carbocycles. The molecule has 0 bridgehead atoms. The van der Waals surface area contributed by atoms with Crippen LogP contribution in [-0.4, -0.2) is 57.8 Å². The number of likely N-dealkylation sites (N-methyl/N-ethyl adjacent to an activating group) is 1. The molecule has 2 heterocycles. The predicted octanol–water partition coefficient (Wildman–Crippen LogP) is 4.73. The number of aromatic nitrogens is 1. The lowest BCUT2D eigenvalue weighted by Gasteiger charge is -2.28. The van der Waals surface area contributed by atoms with Crippen LogP contribution in [0.5, 0.6) is 5.75 Å². The average molecular weight is 500 g/mol. The van der Waals surface area contributed by atoms with Crippen LogP contribution in [0.25, 0.3) is 5.76 Å². The highest BCUT2D eigenvalue weighted by Crippen LogP contribution is 2.39. The molecule has 1 N–H and O–H groups in total. The Balaban J connectivity index is 1.66. The molecule has 37 heavy (non-hydrogen) atoms. The Morgan fingerprint density at radius 3 is 2.46 bits per heavy atom. The molecule has 1 aromatic heterocycles. The summed E-state index contributed by atoms with van der Waals surface area (Å²) in [5, 5.41) is 11.4. The van der Waals surface area contributed by atoms with E-state index in [0.717, 1.165) is 24.2 Å². The van der Waals surface area contributed by atoms with Gasteiger partial charge in [-0.05, 0) is 61.0 Å². The Morgan fingerprint density at radius 1 is 1.05 bits per heavy atom. The van der Waals surface area contributed by atoms with E-state index in [2.05, 4.69) is 23.7 Å². The molecule has 7 nitrogen and oxygen atoms in total. The fraction of sp³-hybridized carbons (Fsp3) is 0.300. The highest BCUT2D eigenvalue weighted by Gasteiger charge is 2.46. The van der Waals surface area contributed by atoms with Crippen LogP contribution in [0.2, 0.25) is 0 Å². The monoisotopic (exact) mass is 499 g/mol. The maximum absolute atomic E-state index is 13.2. The van der Waals surface area contributed by atoms with Gasteiger partial charge in [0, 0.05) is 31.0 Å². The number of Topliss-reactive ketones (excluding diaryl/α,β-unsaturated/α-hetero) is 1. The third-order valence-electron chi connectivity index (χ3n) is 6.78. The molecule has 192 valence electrons. The molecular weight excluding hydrogens is 466 g/mol. The summed E-state index contributed by atoms with van der Waals surface area (Å²) < 4.78 is 5.96. The van der Waals surface area contributed by atoms with Gasteiger partial charge in [0.1, 0.15) is 18.1 Å². The molecule has 0 spiro atoms. The van der Waals surface area contributed by atoms with Crippen molar-refractivity contribution in [2.24, 2.45) is 0 Å². The summed E-state index contributed by atoms with van der Waals surface area (Å²) in [6, 6.07) is 18.0. The Morgan fingerprint density at radius 2 is 1.81 bits per heavy atom. The maximum atomic E-state index is 13.2. The van der Waals surface area contributed by atoms with Crippen LogP contribution < -0.4 is 4.74 Å². The molecule has 1 aliphatic rings. The number of likely N-dealkylation sites (tertiary alicyclic amines) is 1. The molecule has 3 aromatic rings. The normalized spacial score (nSPS) is 17.0. The minimum absolute atomic E-state index is 0.0786.